The van der Waals surface area contributed by atoms with Crippen molar-refractivity contribution in [3.8, 4) is 11.5 Å². The van der Waals surface area contributed by atoms with E-state index < -0.39 is 10.8 Å². The quantitative estimate of drug-likeness (QED) is 0.255. The lowest BCUT2D eigenvalue weighted by atomic mass is 10.1. The number of nitrogens with one attached hydrogen (secondary N) is 1. The molecule has 0 aliphatic carbocycles. The molecule has 0 aromatic heterocycles. The van der Waals surface area contributed by atoms with Crippen molar-refractivity contribution in [2.45, 2.75) is 6.61 Å². The SMILES string of the molecule is COc1cc(/C=C2\SC(=Nc3ccccc3Cl)NC2=O)c([N+](=O)[O-])cc1OCc1ccccc1. The zero-order valence-corrected chi connectivity index (χ0v) is 19.4. The van der Waals surface area contributed by atoms with E-state index in [1.807, 2.05) is 30.3 Å². The summed E-state index contributed by atoms with van der Waals surface area (Å²) in [4.78, 5) is 28.3. The second-order valence-electron chi connectivity index (χ2n) is 7.03. The zero-order chi connectivity index (χ0) is 24.1. The van der Waals surface area contributed by atoms with Crippen LogP contribution in [-0.4, -0.2) is 23.1 Å². The van der Waals surface area contributed by atoms with Gasteiger partial charge >= 0.3 is 0 Å². The van der Waals surface area contributed by atoms with E-state index in [4.69, 9.17) is 21.1 Å². The van der Waals surface area contributed by atoms with E-state index in [0.717, 1.165) is 17.3 Å². The first kappa shape index (κ1) is 23.3. The van der Waals surface area contributed by atoms with Crippen molar-refractivity contribution >= 4 is 51.9 Å². The Morgan fingerprint density at radius 2 is 1.85 bits per heavy atom. The number of benzene rings is 3. The molecule has 8 nitrogen and oxygen atoms in total. The smallest absolute Gasteiger partial charge is 0.280 e. The molecule has 0 unspecified atom stereocenters. The number of ether oxygens (including phenoxy) is 2. The van der Waals surface area contributed by atoms with Gasteiger partial charge in [0.1, 0.15) is 6.61 Å². The summed E-state index contributed by atoms with van der Waals surface area (Å²) < 4.78 is 11.2. The van der Waals surface area contributed by atoms with Crippen molar-refractivity contribution in [1.29, 1.82) is 0 Å². The third-order valence-corrected chi connectivity index (χ3v) is 5.99. The van der Waals surface area contributed by atoms with E-state index in [0.29, 0.717) is 21.6 Å². The van der Waals surface area contributed by atoms with Crippen LogP contribution in [0.2, 0.25) is 5.02 Å². The summed E-state index contributed by atoms with van der Waals surface area (Å²) in [5.74, 6) is 0.111. The van der Waals surface area contributed by atoms with Gasteiger partial charge in [-0.2, -0.15) is 0 Å². The number of carbonyl (C=O) groups is 1. The highest BCUT2D eigenvalue weighted by Gasteiger charge is 2.27. The van der Waals surface area contributed by atoms with Crippen LogP contribution in [0.3, 0.4) is 0 Å². The number of methoxy groups -OCH3 is 1. The summed E-state index contributed by atoms with van der Waals surface area (Å²) in [5, 5.41) is 15.2. The highest BCUT2D eigenvalue weighted by Crippen LogP contribution is 2.38. The van der Waals surface area contributed by atoms with Gasteiger partial charge in [0.05, 0.1) is 39.3 Å². The molecule has 0 spiro atoms. The summed E-state index contributed by atoms with van der Waals surface area (Å²) in [6, 6.07) is 19.1. The molecule has 34 heavy (non-hydrogen) atoms. The van der Waals surface area contributed by atoms with E-state index in [9.17, 15) is 14.9 Å². The summed E-state index contributed by atoms with van der Waals surface area (Å²) in [6.45, 7) is 0.217. The molecule has 0 saturated carbocycles. The molecule has 3 aromatic rings. The number of carbonyl (C=O) groups excluding carboxylic acids is 1. The molecule has 1 saturated heterocycles. The standard InChI is InChI=1S/C24H18ClN3O5S/c1-32-20-11-16(19(28(30)31)13-21(20)33-14-15-7-3-2-4-8-15)12-22-23(29)27-24(34-22)26-18-10-6-5-9-17(18)25/h2-13H,14H2,1H3,(H,26,27,29)/b22-12-. The van der Waals surface area contributed by atoms with Crippen LogP contribution in [0.25, 0.3) is 6.08 Å². The van der Waals surface area contributed by atoms with Gasteiger partial charge in [-0.15, -0.1) is 0 Å². The zero-order valence-electron chi connectivity index (χ0n) is 17.9. The van der Waals surface area contributed by atoms with Crippen LogP contribution in [0.1, 0.15) is 11.1 Å². The first-order valence-electron chi connectivity index (χ1n) is 10.0. The third kappa shape index (κ3) is 5.38. The molecule has 1 aliphatic heterocycles. The van der Waals surface area contributed by atoms with Crippen molar-refractivity contribution in [2.24, 2.45) is 4.99 Å². The number of nitro benzene ring substituents is 1. The van der Waals surface area contributed by atoms with Crippen LogP contribution < -0.4 is 14.8 Å². The number of nitro groups is 1. The maximum atomic E-state index is 12.5. The molecule has 1 heterocycles. The molecule has 0 radical (unpaired) electrons. The van der Waals surface area contributed by atoms with Gasteiger partial charge in [0.2, 0.25) is 0 Å². The molecule has 1 aliphatic rings. The van der Waals surface area contributed by atoms with Crippen LogP contribution in [-0.2, 0) is 11.4 Å². The van der Waals surface area contributed by atoms with Crippen molar-refractivity contribution in [3.63, 3.8) is 0 Å². The van der Waals surface area contributed by atoms with Gasteiger partial charge in [-0.1, -0.05) is 54.1 Å². The Balaban J connectivity index is 1.63. The van der Waals surface area contributed by atoms with E-state index >= 15 is 0 Å². The Morgan fingerprint density at radius 3 is 2.56 bits per heavy atom. The fourth-order valence-electron chi connectivity index (χ4n) is 3.12. The monoisotopic (exact) mass is 495 g/mol. The van der Waals surface area contributed by atoms with Gasteiger partial charge in [0, 0.05) is 0 Å². The maximum Gasteiger partial charge on any atom is 0.280 e. The lowest BCUT2D eigenvalue weighted by molar-refractivity contribution is -0.385. The summed E-state index contributed by atoms with van der Waals surface area (Å²) in [7, 11) is 1.44. The number of thioether (sulfide) groups is 1. The van der Waals surface area contributed by atoms with Crippen LogP contribution in [0, 0.1) is 10.1 Å². The highest BCUT2D eigenvalue weighted by atomic mass is 35.5. The average molecular weight is 496 g/mol. The molecular formula is C24H18ClN3O5S. The van der Waals surface area contributed by atoms with Gasteiger partial charge < -0.3 is 14.8 Å². The van der Waals surface area contributed by atoms with Gasteiger partial charge in [0.15, 0.2) is 16.7 Å². The molecule has 1 amide bonds. The average Bonchev–Trinajstić information content (AvgIpc) is 3.18. The number of amidine groups is 1. The topological polar surface area (TPSA) is 103 Å². The number of hydrogen-bond donors (Lipinski definition) is 1. The molecule has 3 aromatic carbocycles. The Bertz CT molecular complexity index is 1310. The number of nitrogens with zero attached hydrogens (tertiary/aromatic N) is 2. The fourth-order valence-corrected chi connectivity index (χ4v) is 4.12. The lowest BCUT2D eigenvalue weighted by Gasteiger charge is -2.12. The van der Waals surface area contributed by atoms with Crippen LogP contribution in [0.5, 0.6) is 11.5 Å². The number of hydrogen-bond acceptors (Lipinski definition) is 7. The number of para-hydroxylation sites is 1. The maximum absolute atomic E-state index is 12.5. The van der Waals surface area contributed by atoms with Crippen molar-refractivity contribution < 1.29 is 19.2 Å². The normalized spacial score (nSPS) is 15.4. The predicted molar refractivity (Wildman–Crippen MR) is 133 cm³/mol. The molecule has 4 rings (SSSR count). The van der Waals surface area contributed by atoms with Crippen LogP contribution in [0.4, 0.5) is 11.4 Å². The van der Waals surface area contributed by atoms with E-state index in [2.05, 4.69) is 10.3 Å². The van der Waals surface area contributed by atoms with Crippen molar-refractivity contribution in [3.05, 3.63) is 97.9 Å². The van der Waals surface area contributed by atoms with Gasteiger partial charge in [-0.25, -0.2) is 4.99 Å². The van der Waals surface area contributed by atoms with E-state index in [1.165, 1.54) is 25.3 Å². The minimum absolute atomic E-state index is 0.200. The molecule has 172 valence electrons. The minimum Gasteiger partial charge on any atom is -0.493 e. The molecule has 1 N–H and O–H groups in total. The van der Waals surface area contributed by atoms with Gasteiger partial charge in [0.25, 0.3) is 11.6 Å². The first-order chi connectivity index (χ1) is 16.4. The third-order valence-electron chi connectivity index (χ3n) is 4.76. The van der Waals surface area contributed by atoms with Gasteiger partial charge in [-0.05, 0) is 41.6 Å². The molecule has 10 heteroatoms. The molecular weight excluding hydrogens is 478 g/mol. The van der Waals surface area contributed by atoms with Crippen molar-refractivity contribution in [1.82, 2.24) is 5.32 Å². The van der Waals surface area contributed by atoms with Crippen LogP contribution in [0.15, 0.2) is 76.6 Å². The Hall–Kier alpha value is -3.82. The summed E-state index contributed by atoms with van der Waals surface area (Å²) >= 11 is 7.19. The largest absolute Gasteiger partial charge is 0.493 e. The number of halogens is 1. The lowest BCUT2D eigenvalue weighted by Crippen LogP contribution is -2.19. The van der Waals surface area contributed by atoms with Crippen molar-refractivity contribution in [2.75, 3.05) is 7.11 Å². The highest BCUT2D eigenvalue weighted by molar-refractivity contribution is 8.18. The van der Waals surface area contributed by atoms with Crippen LogP contribution >= 0.6 is 23.4 Å². The molecule has 1 fully saturated rings. The number of rotatable bonds is 7. The van der Waals surface area contributed by atoms with E-state index in [1.54, 1.807) is 24.3 Å². The molecule has 0 bridgehead atoms. The van der Waals surface area contributed by atoms with Gasteiger partial charge in [-0.3, -0.25) is 14.9 Å². The Morgan fingerprint density at radius 1 is 1.12 bits per heavy atom. The second-order valence-corrected chi connectivity index (χ2v) is 8.46. The summed E-state index contributed by atoms with van der Waals surface area (Å²) in [5.41, 5.74) is 1.38. The fraction of sp³-hybridized carbons (Fsp3) is 0.0833. The number of aliphatic imine (C=N–C) groups is 1. The first-order valence-corrected chi connectivity index (χ1v) is 11.2. The minimum atomic E-state index is -0.530. The number of amides is 1. The molecule has 0 atom stereocenters. The van der Waals surface area contributed by atoms with E-state index in [-0.39, 0.29) is 28.5 Å². The predicted octanol–water partition coefficient (Wildman–Crippen LogP) is 5.73. The Kier molecular flexibility index (Phi) is 7.15. The second kappa shape index (κ2) is 10.4. The Labute approximate surface area is 204 Å². The summed E-state index contributed by atoms with van der Waals surface area (Å²) in [6.07, 6.45) is 1.43.